The van der Waals surface area contributed by atoms with E-state index >= 15 is 0 Å². The Morgan fingerprint density at radius 3 is 2.25 bits per heavy atom. The fraction of sp³-hybridized carbons (Fsp3) is 0.684. The Labute approximate surface area is 124 Å². The van der Waals surface area contributed by atoms with E-state index in [9.17, 15) is 5.11 Å². The van der Waals surface area contributed by atoms with E-state index < -0.39 is 0 Å². The van der Waals surface area contributed by atoms with Crippen molar-refractivity contribution in [2.75, 3.05) is 6.61 Å². The lowest BCUT2D eigenvalue weighted by atomic mass is 9.62. The summed E-state index contributed by atoms with van der Waals surface area (Å²) < 4.78 is 0. The Bertz CT molecular complexity index is 433. The maximum atomic E-state index is 9.98. The Morgan fingerprint density at radius 2 is 1.75 bits per heavy atom. The lowest BCUT2D eigenvalue weighted by Gasteiger charge is -2.43. The first-order valence-corrected chi connectivity index (χ1v) is 8.02. The molecule has 1 aliphatic carbocycles. The summed E-state index contributed by atoms with van der Waals surface area (Å²) >= 11 is 0. The molecular formula is C19H30O. The second-order valence-corrected chi connectivity index (χ2v) is 7.90. The normalized spacial score (nSPS) is 27.6. The van der Waals surface area contributed by atoms with Crippen molar-refractivity contribution in [3.05, 3.63) is 35.4 Å². The summed E-state index contributed by atoms with van der Waals surface area (Å²) in [5.41, 5.74) is 3.30. The van der Waals surface area contributed by atoms with E-state index in [4.69, 9.17) is 0 Å². The van der Waals surface area contributed by atoms with E-state index in [1.807, 2.05) is 0 Å². The van der Waals surface area contributed by atoms with Gasteiger partial charge in [-0.1, -0.05) is 45.0 Å². The zero-order valence-corrected chi connectivity index (χ0v) is 13.6. The molecule has 0 spiro atoms. The molecule has 1 N–H and O–H groups in total. The molecule has 0 bridgehead atoms. The van der Waals surface area contributed by atoms with Crippen LogP contribution in [-0.4, -0.2) is 11.7 Å². The number of hydrogen-bond acceptors (Lipinski definition) is 1. The Balaban J connectivity index is 2.08. The molecule has 0 saturated heterocycles. The number of rotatable bonds is 3. The van der Waals surface area contributed by atoms with Gasteiger partial charge in [-0.05, 0) is 66.9 Å². The van der Waals surface area contributed by atoms with Crippen LogP contribution in [0, 0.1) is 23.7 Å². The molecule has 1 fully saturated rings. The highest BCUT2D eigenvalue weighted by atomic mass is 16.3. The summed E-state index contributed by atoms with van der Waals surface area (Å²) in [5, 5.41) is 9.98. The van der Waals surface area contributed by atoms with Crippen LogP contribution in [0.2, 0.25) is 0 Å². The average Bonchev–Trinajstić information content (AvgIpc) is 2.41. The number of aryl methyl sites for hydroxylation is 1. The van der Waals surface area contributed by atoms with E-state index in [0.29, 0.717) is 12.0 Å². The molecule has 1 heteroatoms. The molecule has 0 aliphatic heterocycles. The second-order valence-electron chi connectivity index (χ2n) is 7.90. The predicted octanol–water partition coefficient (Wildman–Crippen LogP) is 4.75. The van der Waals surface area contributed by atoms with Gasteiger partial charge in [0.05, 0.1) is 0 Å². The summed E-state index contributed by atoms with van der Waals surface area (Å²) in [6, 6.07) is 8.62. The van der Waals surface area contributed by atoms with Crippen molar-refractivity contribution in [1.82, 2.24) is 0 Å². The molecule has 0 unspecified atom stereocenters. The zero-order chi connectivity index (χ0) is 14.8. The topological polar surface area (TPSA) is 20.2 Å². The Hall–Kier alpha value is -0.820. The molecule has 0 aromatic heterocycles. The molecule has 0 heterocycles. The molecule has 1 aromatic rings. The summed E-state index contributed by atoms with van der Waals surface area (Å²) in [6.45, 7) is 9.57. The van der Waals surface area contributed by atoms with Crippen LogP contribution < -0.4 is 0 Å². The summed E-state index contributed by atoms with van der Waals surface area (Å²) in [6.07, 6.45) is 5.89. The van der Waals surface area contributed by atoms with Gasteiger partial charge < -0.3 is 5.11 Å². The molecule has 0 amide bonds. The summed E-state index contributed by atoms with van der Waals surface area (Å²) in [4.78, 5) is 0. The van der Waals surface area contributed by atoms with Crippen LogP contribution in [0.3, 0.4) is 0 Å². The lowest BCUT2D eigenvalue weighted by Crippen LogP contribution is -2.36. The number of aliphatic hydroxyl groups excluding tert-OH is 1. The van der Waals surface area contributed by atoms with E-state index in [-0.39, 0.29) is 5.41 Å². The largest absolute Gasteiger partial charge is 0.396 e. The third-order valence-electron chi connectivity index (χ3n) is 5.43. The minimum absolute atomic E-state index is 0.119. The molecule has 0 atom stereocenters. The predicted molar refractivity (Wildman–Crippen MR) is 85.8 cm³/mol. The van der Waals surface area contributed by atoms with Crippen LogP contribution in [-0.2, 0) is 6.42 Å². The first-order chi connectivity index (χ1) is 9.36. The highest BCUT2D eigenvalue weighted by molar-refractivity contribution is 5.27. The second kappa shape index (κ2) is 5.89. The first kappa shape index (κ1) is 15.6. The van der Waals surface area contributed by atoms with Crippen LogP contribution in [0.25, 0.3) is 0 Å². The van der Waals surface area contributed by atoms with Crippen molar-refractivity contribution in [2.45, 2.75) is 59.8 Å². The molecule has 1 saturated carbocycles. The first-order valence-electron chi connectivity index (χ1n) is 8.02. The Morgan fingerprint density at radius 1 is 1.15 bits per heavy atom. The van der Waals surface area contributed by atoms with Gasteiger partial charge in [0.1, 0.15) is 0 Å². The molecule has 2 rings (SSSR count). The van der Waals surface area contributed by atoms with Crippen LogP contribution >= 0.6 is 0 Å². The van der Waals surface area contributed by atoms with Gasteiger partial charge in [-0.15, -0.1) is 0 Å². The van der Waals surface area contributed by atoms with E-state index in [2.05, 4.69) is 52.0 Å². The van der Waals surface area contributed by atoms with Gasteiger partial charge in [-0.2, -0.15) is 0 Å². The standard InChI is InChI=1S/C19H30O/c1-15-7-5-6-8-16(15)13-19(14-20)11-9-17(10-12-19)18(2,3)4/h5-8,17,20H,9-14H2,1-4H3. The van der Waals surface area contributed by atoms with Crippen molar-refractivity contribution >= 4 is 0 Å². The monoisotopic (exact) mass is 274 g/mol. The average molecular weight is 274 g/mol. The number of hydrogen-bond donors (Lipinski definition) is 1. The number of benzene rings is 1. The van der Waals surface area contributed by atoms with Gasteiger partial charge >= 0.3 is 0 Å². The molecule has 20 heavy (non-hydrogen) atoms. The minimum Gasteiger partial charge on any atom is -0.396 e. The zero-order valence-electron chi connectivity index (χ0n) is 13.6. The van der Waals surface area contributed by atoms with Gasteiger partial charge in [0.25, 0.3) is 0 Å². The fourth-order valence-corrected chi connectivity index (χ4v) is 3.70. The third-order valence-corrected chi connectivity index (χ3v) is 5.43. The van der Waals surface area contributed by atoms with E-state index in [1.165, 1.54) is 36.8 Å². The van der Waals surface area contributed by atoms with Crippen molar-refractivity contribution in [3.63, 3.8) is 0 Å². The van der Waals surface area contributed by atoms with Crippen LogP contribution in [0.4, 0.5) is 0 Å². The molecule has 1 aliphatic rings. The summed E-state index contributed by atoms with van der Waals surface area (Å²) in [7, 11) is 0. The van der Waals surface area contributed by atoms with Gasteiger partial charge in [0, 0.05) is 6.61 Å². The van der Waals surface area contributed by atoms with Crippen LogP contribution in [0.15, 0.2) is 24.3 Å². The molecule has 0 radical (unpaired) electrons. The SMILES string of the molecule is Cc1ccccc1CC1(CO)CCC(C(C)(C)C)CC1. The highest BCUT2D eigenvalue weighted by Gasteiger charge is 2.38. The van der Waals surface area contributed by atoms with E-state index in [1.54, 1.807) is 0 Å². The highest BCUT2D eigenvalue weighted by Crippen LogP contribution is 2.46. The minimum atomic E-state index is 0.119. The van der Waals surface area contributed by atoms with Crippen molar-refractivity contribution < 1.29 is 5.11 Å². The van der Waals surface area contributed by atoms with Crippen molar-refractivity contribution in [2.24, 2.45) is 16.7 Å². The third kappa shape index (κ3) is 3.44. The maximum Gasteiger partial charge on any atom is 0.0490 e. The Kier molecular flexibility index (Phi) is 4.59. The van der Waals surface area contributed by atoms with Crippen molar-refractivity contribution in [3.8, 4) is 0 Å². The van der Waals surface area contributed by atoms with Gasteiger partial charge in [0.15, 0.2) is 0 Å². The molecule has 1 nitrogen and oxygen atoms in total. The van der Waals surface area contributed by atoms with Gasteiger partial charge in [0.2, 0.25) is 0 Å². The molecule has 112 valence electrons. The maximum absolute atomic E-state index is 9.98. The van der Waals surface area contributed by atoms with Crippen molar-refractivity contribution in [1.29, 1.82) is 0 Å². The van der Waals surface area contributed by atoms with Gasteiger partial charge in [-0.25, -0.2) is 0 Å². The molecular weight excluding hydrogens is 244 g/mol. The fourth-order valence-electron chi connectivity index (χ4n) is 3.70. The van der Waals surface area contributed by atoms with E-state index in [0.717, 1.165) is 12.3 Å². The molecule has 1 aromatic carbocycles. The summed E-state index contributed by atoms with van der Waals surface area (Å²) in [5.74, 6) is 0.805. The lowest BCUT2D eigenvalue weighted by molar-refractivity contribution is 0.0368. The van der Waals surface area contributed by atoms with Crippen LogP contribution in [0.5, 0.6) is 0 Å². The van der Waals surface area contributed by atoms with Gasteiger partial charge in [-0.3, -0.25) is 0 Å². The quantitative estimate of drug-likeness (QED) is 0.843. The number of aliphatic hydroxyl groups is 1. The smallest absolute Gasteiger partial charge is 0.0490 e. The van der Waals surface area contributed by atoms with Crippen LogP contribution in [0.1, 0.15) is 57.6 Å².